The van der Waals surface area contributed by atoms with Crippen molar-refractivity contribution < 1.29 is 195 Å². The second-order valence-corrected chi connectivity index (χ2v) is 0. The summed E-state index contributed by atoms with van der Waals surface area (Å²) in [5.41, 5.74) is 0. The number of hydrogen-bond donors (Lipinski definition) is 0. The first kappa shape index (κ1) is 59.1. The van der Waals surface area contributed by atoms with Gasteiger partial charge in [0.1, 0.15) is 0 Å². The normalized spacial score (nSPS) is 0. The molecule has 0 aromatic rings. The first-order valence-electron chi connectivity index (χ1n) is 0. The maximum absolute atomic E-state index is 0. The molecule has 0 saturated heterocycles. The average molecular weight is 360 g/mol. The average Bonchev–Trinajstić information content (AvgIpc) is 0. The smallest absolute Gasteiger partial charge is 1.00 e. The Hall–Kier alpha value is 7.21. The molecule has 0 radical (unpaired) electrons. The summed E-state index contributed by atoms with van der Waals surface area (Å²) >= 11 is 0. The molecular formula is H9Al2K2NaZn3. The fourth-order valence-electron chi connectivity index (χ4n) is 0. The molecular weight excluding hydrogens is 351 g/mol. The third-order valence-corrected chi connectivity index (χ3v) is 0. The maximum Gasteiger partial charge on any atom is 1.00 e. The van der Waals surface area contributed by atoms with Gasteiger partial charge < -0.3 is 4.28 Å². The van der Waals surface area contributed by atoms with Crippen LogP contribution >= 0.6 is 0 Å². The van der Waals surface area contributed by atoms with Crippen LogP contribution in [0.15, 0.2) is 0 Å². The van der Waals surface area contributed by atoms with Gasteiger partial charge in [-0.3, -0.25) is 0 Å². The van der Waals surface area contributed by atoms with E-state index in [1.807, 2.05) is 0 Å². The summed E-state index contributed by atoms with van der Waals surface area (Å²) in [4.78, 5) is 0. The van der Waals surface area contributed by atoms with Gasteiger partial charge in [-0.2, -0.15) is 0 Å². The molecule has 0 spiro atoms. The summed E-state index contributed by atoms with van der Waals surface area (Å²) in [6.45, 7) is 0. The van der Waals surface area contributed by atoms with Gasteiger partial charge in [0.2, 0.25) is 0 Å². The summed E-state index contributed by atoms with van der Waals surface area (Å²) in [6, 6.07) is 0. The Bertz CT molecular complexity index is 24.5. The van der Waals surface area contributed by atoms with E-state index in [2.05, 4.69) is 0 Å². The van der Waals surface area contributed by atoms with Crippen molar-refractivity contribution in [2.45, 2.75) is 0 Å². The van der Waals surface area contributed by atoms with E-state index in [4.69, 9.17) is 0 Å². The van der Waals surface area contributed by atoms with E-state index < -0.39 is 0 Å². The zero-order chi connectivity index (χ0) is 0. The molecule has 0 aliphatic carbocycles. The predicted molar refractivity (Wildman–Crippen MR) is 23.2 cm³/mol. The van der Waals surface area contributed by atoms with Crippen LogP contribution in [0.3, 0.4) is 0 Å². The summed E-state index contributed by atoms with van der Waals surface area (Å²) in [5, 5.41) is 0. The summed E-state index contributed by atoms with van der Waals surface area (Å²) in [5.74, 6) is 0. The molecule has 0 rings (SSSR count). The van der Waals surface area contributed by atoms with Gasteiger partial charge in [-0.1, -0.05) is 0 Å². The molecule has 8 heavy (non-hydrogen) atoms. The quantitative estimate of drug-likeness (QED) is 0.377. The van der Waals surface area contributed by atoms with Crippen LogP contribution in [0.4, 0.5) is 0 Å². The molecule has 0 aromatic carbocycles. The Morgan fingerprint density at radius 1 is 0.625 bits per heavy atom. The third-order valence-electron chi connectivity index (χ3n) is 0. The SMILES string of the molecule is [AlH3].[AlH3].[H-].[H-].[H-].[K+].[K+].[Na+].[Zn].[Zn].[Zn]. The Morgan fingerprint density at radius 2 is 0.625 bits per heavy atom. The molecule has 8 heteroatoms. The Kier molecular flexibility index (Phi) is 352. The van der Waals surface area contributed by atoms with Gasteiger partial charge >= 0.3 is 132 Å². The fraction of sp³-hybridized carbons (Fsp3) is 0. The van der Waals surface area contributed by atoms with Crippen molar-refractivity contribution in [3.8, 4) is 0 Å². The molecule has 0 saturated carbocycles. The summed E-state index contributed by atoms with van der Waals surface area (Å²) < 4.78 is 0. The van der Waals surface area contributed by atoms with Crippen LogP contribution in [0.1, 0.15) is 4.28 Å². The van der Waals surface area contributed by atoms with E-state index in [1.54, 1.807) is 0 Å². The van der Waals surface area contributed by atoms with E-state index in [0.29, 0.717) is 0 Å². The van der Waals surface area contributed by atoms with Crippen LogP contribution in [-0.2, 0) is 58.4 Å². The summed E-state index contributed by atoms with van der Waals surface area (Å²) in [6.07, 6.45) is 0. The van der Waals surface area contributed by atoms with Gasteiger partial charge in [0, 0.05) is 58.4 Å². The molecule has 0 aliphatic rings. The van der Waals surface area contributed by atoms with E-state index in [9.17, 15) is 0 Å². The molecule has 0 amide bonds. The molecule has 0 heterocycles. The van der Waals surface area contributed by atoms with Crippen molar-refractivity contribution in [3.05, 3.63) is 0 Å². The maximum atomic E-state index is 0. The molecule has 0 bridgehead atoms. The minimum atomic E-state index is 0. The largest absolute Gasteiger partial charge is 1.00 e. The van der Waals surface area contributed by atoms with Crippen LogP contribution in [0.2, 0.25) is 0 Å². The van der Waals surface area contributed by atoms with E-state index in [0.717, 1.165) is 0 Å². The van der Waals surface area contributed by atoms with Gasteiger partial charge in [0.25, 0.3) is 0 Å². The van der Waals surface area contributed by atoms with Crippen LogP contribution in [0, 0.1) is 0 Å². The Labute approximate surface area is 222 Å². The van der Waals surface area contributed by atoms with Crippen LogP contribution < -0.4 is 132 Å². The zero-order valence-electron chi connectivity index (χ0n) is 8.12. The number of hydrogen-bond acceptors (Lipinski definition) is 0. The fourth-order valence-corrected chi connectivity index (χ4v) is 0. The molecule has 0 N–H and O–H groups in total. The Morgan fingerprint density at radius 3 is 0.625 bits per heavy atom. The number of rotatable bonds is 0. The molecule has 0 fully saturated rings. The summed E-state index contributed by atoms with van der Waals surface area (Å²) in [7, 11) is 0. The van der Waals surface area contributed by atoms with Gasteiger partial charge in [-0.25, -0.2) is 0 Å². The van der Waals surface area contributed by atoms with Crippen molar-refractivity contribution in [1.29, 1.82) is 0 Å². The third kappa shape index (κ3) is 37.9. The van der Waals surface area contributed by atoms with E-state index in [1.165, 1.54) is 0 Å². The van der Waals surface area contributed by atoms with Crippen LogP contribution in [0.25, 0.3) is 0 Å². The van der Waals surface area contributed by atoms with E-state index in [-0.39, 0.29) is 230 Å². The van der Waals surface area contributed by atoms with Crippen molar-refractivity contribution in [3.63, 3.8) is 0 Å². The topological polar surface area (TPSA) is 0 Å². The minimum absolute atomic E-state index is 0. The molecule has 0 aliphatic heterocycles. The predicted octanol–water partition coefficient (Wildman–Crippen LogP) is -11.0. The van der Waals surface area contributed by atoms with E-state index >= 15 is 0 Å². The van der Waals surface area contributed by atoms with Gasteiger partial charge in [0.05, 0.1) is 0 Å². The zero-order valence-corrected chi connectivity index (χ0v) is 22.3. The molecule has 0 unspecified atom stereocenters. The van der Waals surface area contributed by atoms with Crippen molar-refractivity contribution in [2.75, 3.05) is 0 Å². The van der Waals surface area contributed by atoms with Gasteiger partial charge in [-0.15, -0.1) is 0 Å². The van der Waals surface area contributed by atoms with Crippen molar-refractivity contribution in [2.24, 2.45) is 0 Å². The van der Waals surface area contributed by atoms with Crippen molar-refractivity contribution in [1.82, 2.24) is 0 Å². The monoisotopic (exact) mass is 356 g/mol. The molecule has 0 aromatic heterocycles. The van der Waals surface area contributed by atoms with Crippen LogP contribution in [0.5, 0.6) is 0 Å². The first-order chi connectivity index (χ1) is 0. The second kappa shape index (κ2) is 47.7. The first-order valence-corrected chi connectivity index (χ1v) is 0. The molecule has 0 nitrogen and oxygen atoms in total. The second-order valence-electron chi connectivity index (χ2n) is 0. The van der Waals surface area contributed by atoms with Crippen LogP contribution in [-0.4, -0.2) is 34.7 Å². The molecule has 0 atom stereocenters. The minimum Gasteiger partial charge on any atom is -1.00 e. The molecule has 24 valence electrons. The standard InChI is InChI=1S/2Al.2K.Na.3Zn.9H/q;;3*+1;;;;;;;;;;3*-1. The Balaban J connectivity index is 0. The van der Waals surface area contributed by atoms with Gasteiger partial charge in [-0.05, 0) is 0 Å². The van der Waals surface area contributed by atoms with Crippen molar-refractivity contribution >= 4 is 34.7 Å². The van der Waals surface area contributed by atoms with Gasteiger partial charge in [0.15, 0.2) is 34.7 Å².